The number of hydrogen-bond acceptors (Lipinski definition) is 7. The van der Waals surface area contributed by atoms with Crippen molar-refractivity contribution in [1.29, 1.82) is 0 Å². The predicted octanol–water partition coefficient (Wildman–Crippen LogP) is 6.22. The SMILES string of the molecule is Fc1c(Cl)ccc(-n2cnnn2)c1-c1ccc([C@H](Cc2ccc(C(F)(F)F)nc2)n2cc(-c3cncn3C(F)F)cn2)nc1. The van der Waals surface area contributed by atoms with Crippen molar-refractivity contribution in [3.05, 3.63) is 108 Å². The fourth-order valence-corrected chi connectivity index (χ4v) is 4.78. The van der Waals surface area contributed by atoms with Gasteiger partial charge < -0.3 is 0 Å². The Balaban J connectivity index is 1.40. The molecule has 0 saturated heterocycles. The molecule has 10 nitrogen and oxygen atoms in total. The molecule has 0 radical (unpaired) electrons. The Kier molecular flexibility index (Phi) is 7.59. The highest BCUT2D eigenvalue weighted by Gasteiger charge is 2.32. The highest BCUT2D eigenvalue weighted by molar-refractivity contribution is 6.31. The van der Waals surface area contributed by atoms with Gasteiger partial charge in [0, 0.05) is 41.7 Å². The van der Waals surface area contributed by atoms with Gasteiger partial charge in [-0.3, -0.25) is 19.2 Å². The van der Waals surface area contributed by atoms with E-state index < -0.39 is 30.3 Å². The van der Waals surface area contributed by atoms with Crippen LogP contribution in [-0.4, -0.2) is 49.5 Å². The van der Waals surface area contributed by atoms with Crippen LogP contribution < -0.4 is 0 Å². The summed E-state index contributed by atoms with van der Waals surface area (Å²) < 4.78 is 84.9. The average Bonchev–Trinajstić information content (AvgIpc) is 3.79. The molecule has 0 spiro atoms. The molecule has 17 heteroatoms. The summed E-state index contributed by atoms with van der Waals surface area (Å²) in [5.74, 6) is -0.728. The molecule has 224 valence electrons. The molecule has 1 aromatic carbocycles. The summed E-state index contributed by atoms with van der Waals surface area (Å²) in [7, 11) is 0. The zero-order valence-corrected chi connectivity index (χ0v) is 22.7. The number of benzene rings is 1. The van der Waals surface area contributed by atoms with Crippen molar-refractivity contribution in [2.75, 3.05) is 0 Å². The Morgan fingerprint density at radius 1 is 0.886 bits per heavy atom. The van der Waals surface area contributed by atoms with Gasteiger partial charge in [0.25, 0.3) is 0 Å². The number of nitrogens with zero attached hydrogens (tertiary/aromatic N) is 10. The first-order chi connectivity index (χ1) is 21.1. The minimum absolute atomic E-state index is 0.0775. The second-order valence-corrected chi connectivity index (χ2v) is 9.83. The maximum atomic E-state index is 15.3. The van der Waals surface area contributed by atoms with Crippen LogP contribution in [-0.2, 0) is 12.6 Å². The highest BCUT2D eigenvalue weighted by atomic mass is 35.5. The molecule has 0 saturated carbocycles. The van der Waals surface area contributed by atoms with Crippen LogP contribution in [0, 0.1) is 5.82 Å². The van der Waals surface area contributed by atoms with Crippen LogP contribution >= 0.6 is 11.6 Å². The van der Waals surface area contributed by atoms with Gasteiger partial charge >= 0.3 is 12.7 Å². The number of rotatable bonds is 8. The topological polar surface area (TPSA) is 105 Å². The van der Waals surface area contributed by atoms with Gasteiger partial charge in [-0.1, -0.05) is 23.7 Å². The number of hydrogen-bond donors (Lipinski definition) is 0. The third-order valence-corrected chi connectivity index (χ3v) is 7.01. The first kappa shape index (κ1) is 29.0. The summed E-state index contributed by atoms with van der Waals surface area (Å²) in [6, 6.07) is 7.49. The standard InChI is InChI=1S/C27H17ClF6N10/c28-18-3-5-20(44-14-38-40-41-44)24(25(18)29)16-2-4-19(36-9-16)21(7-15-1-6-23(37-8-15)27(32,33)34)43-12-17(10-39-43)22-11-35-13-42(22)26(30)31/h1-6,8-14,21,26H,7H2/t21-/m0/s1. The fraction of sp³-hybridized carbons (Fsp3) is 0.148. The van der Waals surface area contributed by atoms with Crippen LogP contribution in [0.1, 0.15) is 29.5 Å². The summed E-state index contributed by atoms with van der Waals surface area (Å²) in [5, 5.41) is 15.2. The quantitative estimate of drug-likeness (QED) is 0.184. The lowest BCUT2D eigenvalue weighted by molar-refractivity contribution is -0.141. The zero-order chi connectivity index (χ0) is 31.0. The molecule has 6 rings (SSSR count). The number of aromatic nitrogens is 10. The van der Waals surface area contributed by atoms with E-state index in [0.29, 0.717) is 32.6 Å². The van der Waals surface area contributed by atoms with Gasteiger partial charge in [-0.25, -0.2) is 9.37 Å². The first-order valence-electron chi connectivity index (χ1n) is 12.6. The van der Waals surface area contributed by atoms with Crippen molar-refractivity contribution in [2.24, 2.45) is 0 Å². The van der Waals surface area contributed by atoms with Crippen molar-refractivity contribution in [2.45, 2.75) is 25.2 Å². The summed E-state index contributed by atoms with van der Waals surface area (Å²) in [5.41, 5.74) is 0.890. The summed E-state index contributed by atoms with van der Waals surface area (Å²) in [6.45, 7) is -2.84. The number of halogens is 7. The fourth-order valence-electron chi connectivity index (χ4n) is 4.62. The van der Waals surface area contributed by atoms with Gasteiger partial charge in [0.15, 0.2) is 5.82 Å². The van der Waals surface area contributed by atoms with Gasteiger partial charge in [-0.05, 0) is 40.3 Å². The van der Waals surface area contributed by atoms with Gasteiger partial charge in [-0.2, -0.15) is 31.7 Å². The molecule has 0 aliphatic carbocycles. The molecule has 0 aliphatic heterocycles. The molecule has 0 fully saturated rings. The second kappa shape index (κ2) is 11.5. The van der Waals surface area contributed by atoms with Crippen molar-refractivity contribution in [3.63, 3.8) is 0 Å². The maximum Gasteiger partial charge on any atom is 0.433 e. The Morgan fingerprint density at radius 2 is 1.73 bits per heavy atom. The zero-order valence-electron chi connectivity index (χ0n) is 22.0. The van der Waals surface area contributed by atoms with Crippen molar-refractivity contribution < 1.29 is 26.3 Å². The van der Waals surface area contributed by atoms with E-state index in [2.05, 4.69) is 35.6 Å². The molecule has 0 N–H and O–H groups in total. The number of pyridine rings is 2. The second-order valence-electron chi connectivity index (χ2n) is 9.42. The predicted molar refractivity (Wildman–Crippen MR) is 143 cm³/mol. The molecule has 0 amide bonds. The highest BCUT2D eigenvalue weighted by Crippen LogP contribution is 2.34. The lowest BCUT2D eigenvalue weighted by atomic mass is 10.0. The molecule has 5 heterocycles. The van der Waals surface area contributed by atoms with E-state index in [1.54, 1.807) is 18.2 Å². The van der Waals surface area contributed by atoms with E-state index in [9.17, 15) is 22.0 Å². The Morgan fingerprint density at radius 3 is 2.39 bits per heavy atom. The normalized spacial score (nSPS) is 12.6. The molecule has 0 aliphatic rings. The number of tetrazole rings is 1. The monoisotopic (exact) mass is 630 g/mol. The Bertz CT molecular complexity index is 1880. The minimum atomic E-state index is -4.61. The Labute approximate surface area is 248 Å². The van der Waals surface area contributed by atoms with Crippen molar-refractivity contribution in [1.82, 2.24) is 49.5 Å². The van der Waals surface area contributed by atoms with Crippen LogP contribution in [0.25, 0.3) is 28.1 Å². The smallest absolute Gasteiger partial charge is 0.273 e. The van der Waals surface area contributed by atoms with Gasteiger partial charge in [0.05, 0.1) is 46.9 Å². The van der Waals surface area contributed by atoms with Crippen LogP contribution in [0.5, 0.6) is 0 Å². The third kappa shape index (κ3) is 5.62. The number of imidazole rings is 1. The van der Waals surface area contributed by atoms with E-state index in [-0.39, 0.29) is 22.7 Å². The molecule has 44 heavy (non-hydrogen) atoms. The van der Waals surface area contributed by atoms with E-state index in [1.165, 1.54) is 52.6 Å². The van der Waals surface area contributed by atoms with Crippen molar-refractivity contribution >= 4 is 11.6 Å². The summed E-state index contributed by atoms with van der Waals surface area (Å²) in [4.78, 5) is 11.8. The van der Waals surface area contributed by atoms with E-state index in [4.69, 9.17) is 11.6 Å². The van der Waals surface area contributed by atoms with Crippen LogP contribution in [0.2, 0.25) is 5.02 Å². The number of alkyl halides is 5. The van der Waals surface area contributed by atoms with Crippen LogP contribution in [0.15, 0.2) is 80.0 Å². The largest absolute Gasteiger partial charge is 0.433 e. The van der Waals surface area contributed by atoms with Gasteiger partial charge in [-0.15, -0.1) is 5.10 Å². The van der Waals surface area contributed by atoms with E-state index in [0.717, 1.165) is 18.6 Å². The third-order valence-electron chi connectivity index (χ3n) is 6.72. The van der Waals surface area contributed by atoms with Gasteiger partial charge in [0.1, 0.15) is 12.0 Å². The first-order valence-corrected chi connectivity index (χ1v) is 13.0. The molecule has 6 aromatic rings. The summed E-state index contributed by atoms with van der Waals surface area (Å²) >= 11 is 6.07. The van der Waals surface area contributed by atoms with E-state index >= 15 is 4.39 Å². The van der Waals surface area contributed by atoms with Crippen molar-refractivity contribution in [3.8, 4) is 28.1 Å². The molecule has 0 unspecified atom stereocenters. The molecule has 5 aromatic heterocycles. The molecular weight excluding hydrogens is 614 g/mol. The molecule has 0 bridgehead atoms. The minimum Gasteiger partial charge on any atom is -0.273 e. The molecular formula is C27H17ClF6N10. The van der Waals surface area contributed by atoms with Crippen LogP contribution in [0.3, 0.4) is 0 Å². The lowest BCUT2D eigenvalue weighted by Gasteiger charge is -2.19. The van der Waals surface area contributed by atoms with Crippen LogP contribution in [0.4, 0.5) is 26.3 Å². The average molecular weight is 631 g/mol. The Hall–Kier alpha value is -5.12. The van der Waals surface area contributed by atoms with E-state index in [1.807, 2.05) is 0 Å². The maximum absolute atomic E-state index is 15.3. The molecule has 1 atom stereocenters. The lowest BCUT2D eigenvalue weighted by Crippen LogP contribution is -2.16. The van der Waals surface area contributed by atoms with Gasteiger partial charge in [0.2, 0.25) is 0 Å². The summed E-state index contributed by atoms with van der Waals surface area (Å²) in [6.07, 6.45) is 4.36.